The van der Waals surface area contributed by atoms with Crippen molar-refractivity contribution in [1.82, 2.24) is 0 Å². The maximum atomic E-state index is 11.9. The summed E-state index contributed by atoms with van der Waals surface area (Å²) in [7, 11) is -2.91. The molecule has 1 saturated heterocycles. The lowest BCUT2D eigenvalue weighted by molar-refractivity contribution is 0.0792. The molecule has 3 atom stereocenters. The van der Waals surface area contributed by atoms with Gasteiger partial charge in [0.15, 0.2) is 9.84 Å². The fraction of sp³-hybridized carbons (Fsp3) is 0.600. The summed E-state index contributed by atoms with van der Waals surface area (Å²) in [6.07, 6.45) is 1.45. The Morgan fingerprint density at radius 2 is 1.68 bits per heavy atom. The monoisotopic (exact) mass is 282 g/mol. The fourth-order valence-corrected chi connectivity index (χ4v) is 4.63. The number of ether oxygens (including phenoxy) is 1. The van der Waals surface area contributed by atoms with Crippen LogP contribution < -0.4 is 0 Å². The van der Waals surface area contributed by atoms with Crippen LogP contribution in [0.15, 0.2) is 30.3 Å². The second-order valence-electron chi connectivity index (χ2n) is 5.55. The van der Waals surface area contributed by atoms with E-state index in [4.69, 9.17) is 4.74 Å². The van der Waals surface area contributed by atoms with E-state index in [2.05, 4.69) is 0 Å². The van der Waals surface area contributed by atoms with Crippen LogP contribution in [0.3, 0.4) is 0 Å². The third-order valence-electron chi connectivity index (χ3n) is 3.92. The van der Waals surface area contributed by atoms with Crippen molar-refractivity contribution in [3.63, 3.8) is 0 Å². The summed E-state index contributed by atoms with van der Waals surface area (Å²) in [5.41, 5.74) is 1.16. The van der Waals surface area contributed by atoms with E-state index in [0.717, 1.165) is 18.4 Å². The van der Waals surface area contributed by atoms with Crippen LogP contribution in [-0.2, 0) is 21.2 Å². The molecule has 0 amide bonds. The largest absolute Gasteiger partial charge is 0.376 e. The number of hydrogen-bond acceptors (Lipinski definition) is 3. The van der Waals surface area contributed by atoms with Crippen LogP contribution >= 0.6 is 0 Å². The van der Waals surface area contributed by atoms with Gasteiger partial charge in [0, 0.05) is 6.61 Å². The molecule has 0 aliphatic carbocycles. The maximum Gasteiger partial charge on any atom is 0.155 e. The van der Waals surface area contributed by atoms with Gasteiger partial charge in [0.05, 0.1) is 17.1 Å². The molecule has 1 heterocycles. The van der Waals surface area contributed by atoms with E-state index >= 15 is 0 Å². The SMILES string of the molecule is C[C@@H]1C[C@H](COCc2ccccc2)C[C@H](C)S1(=O)=O. The van der Waals surface area contributed by atoms with E-state index in [1.165, 1.54) is 0 Å². The van der Waals surface area contributed by atoms with Crippen molar-refractivity contribution < 1.29 is 13.2 Å². The summed E-state index contributed by atoms with van der Waals surface area (Å²) in [5.74, 6) is 0.359. The first-order valence-corrected chi connectivity index (χ1v) is 8.45. The minimum atomic E-state index is -2.91. The first-order valence-electron chi connectivity index (χ1n) is 6.84. The Morgan fingerprint density at radius 3 is 2.26 bits per heavy atom. The molecular formula is C15H22O3S. The first-order chi connectivity index (χ1) is 9.00. The molecule has 19 heavy (non-hydrogen) atoms. The molecule has 0 N–H and O–H groups in total. The number of benzene rings is 1. The van der Waals surface area contributed by atoms with Crippen LogP contribution in [0.5, 0.6) is 0 Å². The van der Waals surface area contributed by atoms with E-state index in [0.29, 0.717) is 19.1 Å². The smallest absolute Gasteiger partial charge is 0.155 e. The molecule has 0 spiro atoms. The minimum Gasteiger partial charge on any atom is -0.376 e. The van der Waals surface area contributed by atoms with Crippen LogP contribution in [0.2, 0.25) is 0 Å². The van der Waals surface area contributed by atoms with Crippen molar-refractivity contribution in [1.29, 1.82) is 0 Å². The predicted molar refractivity (Wildman–Crippen MR) is 76.7 cm³/mol. The zero-order valence-electron chi connectivity index (χ0n) is 11.6. The summed E-state index contributed by atoms with van der Waals surface area (Å²) in [4.78, 5) is 0. The van der Waals surface area contributed by atoms with E-state index in [1.807, 2.05) is 44.2 Å². The van der Waals surface area contributed by atoms with E-state index in [-0.39, 0.29) is 10.5 Å². The molecular weight excluding hydrogens is 260 g/mol. The lowest BCUT2D eigenvalue weighted by atomic mass is 9.98. The molecule has 0 saturated carbocycles. The van der Waals surface area contributed by atoms with Gasteiger partial charge >= 0.3 is 0 Å². The van der Waals surface area contributed by atoms with Crippen molar-refractivity contribution >= 4 is 9.84 Å². The maximum absolute atomic E-state index is 11.9. The molecule has 3 nitrogen and oxygen atoms in total. The standard InChI is InChI=1S/C15H22O3S/c1-12-8-15(9-13(2)19(12,16)17)11-18-10-14-6-4-3-5-7-14/h3-7,12-13,15H,8-11H2,1-2H3/t12-,13+,15+. The van der Waals surface area contributed by atoms with Crippen molar-refractivity contribution in [2.24, 2.45) is 5.92 Å². The topological polar surface area (TPSA) is 43.4 Å². The highest BCUT2D eigenvalue weighted by molar-refractivity contribution is 7.92. The molecule has 1 aliphatic rings. The Hall–Kier alpha value is -0.870. The molecule has 1 aliphatic heterocycles. The molecule has 0 unspecified atom stereocenters. The van der Waals surface area contributed by atoms with Crippen molar-refractivity contribution in [2.45, 2.75) is 43.8 Å². The van der Waals surface area contributed by atoms with Crippen LogP contribution in [0.4, 0.5) is 0 Å². The highest BCUT2D eigenvalue weighted by Gasteiger charge is 2.36. The molecule has 4 heteroatoms. The van der Waals surface area contributed by atoms with Gasteiger partial charge in [0.25, 0.3) is 0 Å². The summed E-state index contributed by atoms with van der Waals surface area (Å²) in [5, 5.41) is -0.469. The molecule has 1 aromatic carbocycles. The Kier molecular flexibility index (Phi) is 4.63. The average molecular weight is 282 g/mol. The van der Waals surface area contributed by atoms with Crippen LogP contribution in [0, 0.1) is 5.92 Å². The van der Waals surface area contributed by atoms with Gasteiger partial charge in [-0.05, 0) is 38.2 Å². The van der Waals surface area contributed by atoms with E-state index in [1.54, 1.807) is 0 Å². The Labute approximate surface area is 115 Å². The van der Waals surface area contributed by atoms with Crippen LogP contribution in [0.1, 0.15) is 32.3 Å². The van der Waals surface area contributed by atoms with Gasteiger partial charge in [0.2, 0.25) is 0 Å². The summed E-state index contributed by atoms with van der Waals surface area (Å²) in [6, 6.07) is 10.1. The summed E-state index contributed by atoms with van der Waals surface area (Å²) in [6.45, 7) is 4.89. The molecule has 1 fully saturated rings. The molecule has 1 aromatic rings. The van der Waals surface area contributed by atoms with E-state index < -0.39 is 9.84 Å². The zero-order chi connectivity index (χ0) is 13.9. The quantitative estimate of drug-likeness (QED) is 0.853. The van der Waals surface area contributed by atoms with Gasteiger partial charge in [-0.1, -0.05) is 30.3 Å². The number of sulfone groups is 1. The highest BCUT2D eigenvalue weighted by Crippen LogP contribution is 2.30. The van der Waals surface area contributed by atoms with Gasteiger partial charge in [-0.3, -0.25) is 0 Å². The van der Waals surface area contributed by atoms with Gasteiger partial charge in [0.1, 0.15) is 0 Å². The average Bonchev–Trinajstić information content (AvgIpc) is 2.38. The lowest BCUT2D eigenvalue weighted by Crippen LogP contribution is -2.38. The fourth-order valence-electron chi connectivity index (χ4n) is 2.75. The van der Waals surface area contributed by atoms with Gasteiger partial charge in [-0.15, -0.1) is 0 Å². The summed E-state index contributed by atoms with van der Waals surface area (Å²) < 4.78 is 29.6. The van der Waals surface area contributed by atoms with Crippen molar-refractivity contribution in [2.75, 3.05) is 6.61 Å². The molecule has 0 radical (unpaired) electrons. The first kappa shape index (κ1) is 14.5. The van der Waals surface area contributed by atoms with Gasteiger partial charge in [-0.2, -0.15) is 0 Å². The second kappa shape index (κ2) is 6.06. The third kappa shape index (κ3) is 3.57. The molecule has 106 valence electrons. The summed E-state index contributed by atoms with van der Waals surface area (Å²) >= 11 is 0. The van der Waals surface area contributed by atoms with Crippen molar-refractivity contribution in [3.05, 3.63) is 35.9 Å². The normalized spacial score (nSPS) is 30.1. The Balaban J connectivity index is 1.82. The second-order valence-corrected chi connectivity index (χ2v) is 8.34. The van der Waals surface area contributed by atoms with Crippen LogP contribution in [-0.4, -0.2) is 25.5 Å². The lowest BCUT2D eigenvalue weighted by Gasteiger charge is -2.31. The van der Waals surface area contributed by atoms with Crippen LogP contribution in [0.25, 0.3) is 0 Å². The van der Waals surface area contributed by atoms with Crippen molar-refractivity contribution in [3.8, 4) is 0 Å². The molecule has 2 rings (SSSR count). The molecule has 0 aromatic heterocycles. The third-order valence-corrected chi connectivity index (χ3v) is 6.55. The predicted octanol–water partition coefficient (Wildman–Crippen LogP) is 2.81. The highest BCUT2D eigenvalue weighted by atomic mass is 32.2. The van der Waals surface area contributed by atoms with E-state index in [9.17, 15) is 8.42 Å². The molecule has 0 bridgehead atoms. The number of rotatable bonds is 4. The Morgan fingerprint density at radius 1 is 1.11 bits per heavy atom. The van der Waals surface area contributed by atoms with Gasteiger partial charge < -0.3 is 4.74 Å². The van der Waals surface area contributed by atoms with Gasteiger partial charge in [-0.25, -0.2) is 8.42 Å². The zero-order valence-corrected chi connectivity index (χ0v) is 12.4. The minimum absolute atomic E-state index is 0.235. The number of hydrogen-bond donors (Lipinski definition) is 0. The Bertz CT molecular complexity index is 477.